The quantitative estimate of drug-likeness (QED) is 0.652. The predicted octanol–water partition coefficient (Wildman–Crippen LogP) is 4.39. The molecule has 0 atom stereocenters. The van der Waals surface area contributed by atoms with E-state index in [1.165, 1.54) is 11.3 Å². The highest BCUT2D eigenvalue weighted by atomic mass is 15.1. The Balaban J connectivity index is 0. The normalized spacial score (nSPS) is 14.4. The summed E-state index contributed by atoms with van der Waals surface area (Å²) in [6.07, 6.45) is 7.31. The average Bonchev–Trinajstić information content (AvgIpc) is 2.66. The third kappa shape index (κ3) is 5.46. The SMILES string of the molecule is C=CC1=C(/C=C\C)N(C)CC1.CC.CC. The molecular formula is C14H27N. The van der Waals surface area contributed by atoms with Gasteiger partial charge in [-0.1, -0.05) is 46.4 Å². The summed E-state index contributed by atoms with van der Waals surface area (Å²) in [5.74, 6) is 0. The predicted molar refractivity (Wildman–Crippen MR) is 72.0 cm³/mol. The molecule has 0 saturated heterocycles. The number of likely N-dealkylation sites (N-methyl/N-ethyl adjacent to an activating group) is 1. The van der Waals surface area contributed by atoms with Crippen molar-refractivity contribution in [3.05, 3.63) is 36.1 Å². The molecule has 0 unspecified atom stereocenters. The van der Waals surface area contributed by atoms with Gasteiger partial charge in [-0.15, -0.1) is 0 Å². The van der Waals surface area contributed by atoms with E-state index in [0.717, 1.165) is 13.0 Å². The Labute approximate surface area is 96.2 Å². The van der Waals surface area contributed by atoms with Crippen LogP contribution in [-0.2, 0) is 0 Å². The smallest absolute Gasteiger partial charge is 0.0393 e. The molecule has 0 aromatic rings. The molecular weight excluding hydrogens is 182 g/mol. The van der Waals surface area contributed by atoms with Gasteiger partial charge in [0.2, 0.25) is 0 Å². The lowest BCUT2D eigenvalue weighted by atomic mass is 10.2. The molecule has 0 radical (unpaired) electrons. The van der Waals surface area contributed by atoms with E-state index < -0.39 is 0 Å². The third-order valence-electron chi connectivity index (χ3n) is 2.03. The number of allylic oxidation sites excluding steroid dienone is 3. The summed E-state index contributed by atoms with van der Waals surface area (Å²) < 4.78 is 0. The molecule has 0 aromatic heterocycles. The number of rotatable bonds is 2. The summed E-state index contributed by atoms with van der Waals surface area (Å²) in [4.78, 5) is 2.26. The van der Waals surface area contributed by atoms with Gasteiger partial charge in [0.1, 0.15) is 0 Å². The van der Waals surface area contributed by atoms with Crippen molar-refractivity contribution >= 4 is 0 Å². The van der Waals surface area contributed by atoms with Gasteiger partial charge in [0.25, 0.3) is 0 Å². The Hall–Kier alpha value is -0.980. The highest BCUT2D eigenvalue weighted by Gasteiger charge is 2.13. The summed E-state index contributed by atoms with van der Waals surface area (Å²) in [5.41, 5.74) is 2.69. The summed E-state index contributed by atoms with van der Waals surface area (Å²) in [6, 6.07) is 0. The summed E-state index contributed by atoms with van der Waals surface area (Å²) >= 11 is 0. The summed E-state index contributed by atoms with van der Waals surface area (Å²) in [7, 11) is 2.12. The van der Waals surface area contributed by atoms with Gasteiger partial charge in [0, 0.05) is 19.3 Å². The van der Waals surface area contributed by atoms with Gasteiger partial charge in [-0.3, -0.25) is 0 Å². The van der Waals surface area contributed by atoms with Crippen molar-refractivity contribution < 1.29 is 0 Å². The fourth-order valence-corrected chi connectivity index (χ4v) is 1.38. The zero-order chi connectivity index (χ0) is 12.3. The van der Waals surface area contributed by atoms with E-state index in [1.807, 2.05) is 40.7 Å². The Bertz CT molecular complexity index is 211. The van der Waals surface area contributed by atoms with Crippen LogP contribution in [0.2, 0.25) is 0 Å². The minimum atomic E-state index is 1.13. The van der Waals surface area contributed by atoms with E-state index in [9.17, 15) is 0 Å². The van der Waals surface area contributed by atoms with Gasteiger partial charge < -0.3 is 4.90 Å². The zero-order valence-corrected chi connectivity index (χ0v) is 11.3. The molecule has 0 fully saturated rings. The largest absolute Gasteiger partial charge is 0.374 e. The maximum atomic E-state index is 3.79. The van der Waals surface area contributed by atoms with Crippen LogP contribution >= 0.6 is 0 Å². The van der Waals surface area contributed by atoms with Crippen LogP contribution < -0.4 is 0 Å². The van der Waals surface area contributed by atoms with E-state index >= 15 is 0 Å². The van der Waals surface area contributed by atoms with E-state index in [1.54, 1.807) is 0 Å². The van der Waals surface area contributed by atoms with Crippen LogP contribution in [0.5, 0.6) is 0 Å². The molecule has 0 saturated carbocycles. The van der Waals surface area contributed by atoms with Crippen molar-refractivity contribution in [2.24, 2.45) is 0 Å². The van der Waals surface area contributed by atoms with Crippen LogP contribution in [0.3, 0.4) is 0 Å². The molecule has 0 aromatic carbocycles. The van der Waals surface area contributed by atoms with Gasteiger partial charge in [-0.2, -0.15) is 0 Å². The first-order valence-corrected chi connectivity index (χ1v) is 5.99. The molecule has 0 N–H and O–H groups in total. The van der Waals surface area contributed by atoms with Gasteiger partial charge >= 0.3 is 0 Å². The van der Waals surface area contributed by atoms with E-state index in [-0.39, 0.29) is 0 Å². The van der Waals surface area contributed by atoms with Gasteiger partial charge in [0.15, 0.2) is 0 Å². The molecule has 1 aliphatic rings. The first-order chi connectivity index (χ1) is 7.29. The van der Waals surface area contributed by atoms with E-state index in [4.69, 9.17) is 0 Å². The van der Waals surface area contributed by atoms with Crippen LogP contribution in [0.4, 0.5) is 0 Å². The maximum absolute atomic E-state index is 3.79. The monoisotopic (exact) mass is 209 g/mol. The second-order valence-electron chi connectivity index (χ2n) is 2.79. The molecule has 1 rings (SSSR count). The fourth-order valence-electron chi connectivity index (χ4n) is 1.38. The Morgan fingerprint density at radius 2 is 1.73 bits per heavy atom. The standard InChI is InChI=1S/C10H15N.2C2H6/c1-4-6-10-9(5-2)7-8-11(10)3;2*1-2/h4-6H,2,7-8H2,1,3H3;2*1-2H3/b6-4-;;. The lowest BCUT2D eigenvalue weighted by Crippen LogP contribution is -2.11. The van der Waals surface area contributed by atoms with Crippen LogP contribution in [0.15, 0.2) is 36.1 Å². The summed E-state index contributed by atoms with van der Waals surface area (Å²) in [5, 5.41) is 0. The van der Waals surface area contributed by atoms with Crippen molar-refractivity contribution in [1.82, 2.24) is 4.90 Å². The van der Waals surface area contributed by atoms with Gasteiger partial charge in [-0.25, -0.2) is 0 Å². The third-order valence-corrected chi connectivity index (χ3v) is 2.03. The minimum absolute atomic E-state index is 1.13. The first kappa shape index (κ1) is 16.4. The number of hydrogen-bond acceptors (Lipinski definition) is 1. The molecule has 1 aliphatic heterocycles. The Kier molecular flexibility index (Phi) is 12.2. The van der Waals surface area contributed by atoms with E-state index in [2.05, 4.69) is 30.7 Å². The molecule has 1 nitrogen and oxygen atoms in total. The molecule has 88 valence electrons. The van der Waals surface area contributed by atoms with Crippen LogP contribution in [-0.4, -0.2) is 18.5 Å². The molecule has 1 heteroatoms. The van der Waals surface area contributed by atoms with Crippen LogP contribution in [0.1, 0.15) is 41.0 Å². The van der Waals surface area contributed by atoms with Crippen molar-refractivity contribution in [2.75, 3.05) is 13.6 Å². The van der Waals surface area contributed by atoms with Crippen molar-refractivity contribution in [3.63, 3.8) is 0 Å². The maximum Gasteiger partial charge on any atom is 0.0393 e. The molecule has 0 aliphatic carbocycles. The number of hydrogen-bond donors (Lipinski definition) is 0. The molecule has 0 bridgehead atoms. The molecule has 0 spiro atoms. The van der Waals surface area contributed by atoms with Crippen molar-refractivity contribution in [1.29, 1.82) is 0 Å². The summed E-state index contributed by atoms with van der Waals surface area (Å²) in [6.45, 7) is 15.0. The second kappa shape index (κ2) is 11.1. The molecule has 0 amide bonds. The minimum Gasteiger partial charge on any atom is -0.374 e. The lowest BCUT2D eigenvalue weighted by Gasteiger charge is -2.12. The van der Waals surface area contributed by atoms with Crippen molar-refractivity contribution in [2.45, 2.75) is 41.0 Å². The zero-order valence-electron chi connectivity index (χ0n) is 11.3. The highest BCUT2D eigenvalue weighted by Crippen LogP contribution is 2.22. The second-order valence-corrected chi connectivity index (χ2v) is 2.79. The Morgan fingerprint density at radius 3 is 2.13 bits per heavy atom. The fraction of sp³-hybridized carbons (Fsp3) is 0.571. The lowest BCUT2D eigenvalue weighted by molar-refractivity contribution is 0.471. The molecule has 15 heavy (non-hydrogen) atoms. The van der Waals surface area contributed by atoms with Gasteiger partial charge in [-0.05, 0) is 25.0 Å². The van der Waals surface area contributed by atoms with Crippen molar-refractivity contribution in [3.8, 4) is 0 Å². The van der Waals surface area contributed by atoms with E-state index in [0.29, 0.717) is 0 Å². The van der Waals surface area contributed by atoms with Gasteiger partial charge in [0.05, 0.1) is 0 Å². The van der Waals surface area contributed by atoms with Crippen LogP contribution in [0, 0.1) is 0 Å². The van der Waals surface area contributed by atoms with Crippen LogP contribution in [0.25, 0.3) is 0 Å². The topological polar surface area (TPSA) is 3.24 Å². The Morgan fingerprint density at radius 1 is 1.20 bits per heavy atom. The average molecular weight is 209 g/mol. The highest BCUT2D eigenvalue weighted by molar-refractivity contribution is 5.34. The molecule has 1 heterocycles. The first-order valence-electron chi connectivity index (χ1n) is 5.99. The number of nitrogens with zero attached hydrogens (tertiary/aromatic N) is 1.